The Kier molecular flexibility index (Phi) is 5.80. The van der Waals surface area contributed by atoms with Crippen molar-refractivity contribution in [2.75, 3.05) is 11.5 Å². The monoisotopic (exact) mass is 222 g/mol. The van der Waals surface area contributed by atoms with Gasteiger partial charge < -0.3 is 4.74 Å². The fourth-order valence-corrected chi connectivity index (χ4v) is 1.60. The zero-order valence-corrected chi connectivity index (χ0v) is 10.9. The van der Waals surface area contributed by atoms with Crippen LogP contribution in [0.1, 0.15) is 40.5 Å². The first-order chi connectivity index (χ1) is 5.95. The number of rotatable bonds is 6. The van der Waals surface area contributed by atoms with Gasteiger partial charge in [-0.2, -0.15) is 25.3 Å². The minimum absolute atomic E-state index is 0.114. The lowest BCUT2D eigenvalue weighted by Crippen LogP contribution is -2.43. The first kappa shape index (κ1) is 13.7. The molecule has 0 radical (unpaired) electrons. The fraction of sp³-hybridized carbons (Fsp3) is 1.00. The third-order valence-electron chi connectivity index (χ3n) is 2.66. The molecule has 0 amide bonds. The van der Waals surface area contributed by atoms with Crippen molar-refractivity contribution in [1.29, 1.82) is 0 Å². The van der Waals surface area contributed by atoms with E-state index in [1.165, 1.54) is 0 Å². The van der Waals surface area contributed by atoms with Crippen LogP contribution in [0.3, 0.4) is 0 Å². The summed E-state index contributed by atoms with van der Waals surface area (Å²) in [6.07, 6.45) is 1.97. The molecule has 2 atom stereocenters. The van der Waals surface area contributed by atoms with E-state index in [-0.39, 0.29) is 11.2 Å². The molecule has 0 aliphatic heterocycles. The SMILES string of the molecule is CCC(C)(CS)OC(C)(CC)CS. The fourth-order valence-electron chi connectivity index (χ4n) is 1.03. The maximum absolute atomic E-state index is 6.07. The molecule has 0 saturated carbocycles. The molecule has 1 nitrogen and oxygen atoms in total. The maximum Gasteiger partial charge on any atom is 0.0747 e. The predicted molar refractivity (Wildman–Crippen MR) is 66.2 cm³/mol. The molecule has 0 fully saturated rings. The molecule has 80 valence electrons. The molecule has 0 saturated heterocycles. The Morgan fingerprint density at radius 2 is 1.23 bits per heavy atom. The van der Waals surface area contributed by atoms with Crippen LogP contribution in [0, 0.1) is 0 Å². The molecule has 0 aromatic heterocycles. The lowest BCUT2D eigenvalue weighted by Gasteiger charge is -2.38. The van der Waals surface area contributed by atoms with Crippen LogP contribution in [0.15, 0.2) is 0 Å². The summed E-state index contributed by atoms with van der Waals surface area (Å²) in [7, 11) is 0. The Balaban J connectivity index is 4.36. The van der Waals surface area contributed by atoms with Gasteiger partial charge in [-0.25, -0.2) is 0 Å². The summed E-state index contributed by atoms with van der Waals surface area (Å²) in [5.41, 5.74) is -0.229. The molecule has 2 unspecified atom stereocenters. The van der Waals surface area contributed by atoms with E-state index in [4.69, 9.17) is 4.74 Å². The second-order valence-corrected chi connectivity index (χ2v) is 4.66. The second kappa shape index (κ2) is 5.52. The molecular weight excluding hydrogens is 200 g/mol. The number of hydrogen-bond donors (Lipinski definition) is 2. The minimum atomic E-state index is -0.114. The third kappa shape index (κ3) is 4.13. The molecule has 0 aliphatic rings. The van der Waals surface area contributed by atoms with Crippen LogP contribution in [0.5, 0.6) is 0 Å². The standard InChI is InChI=1S/C10H22OS2/c1-5-9(3,7-12)11-10(4,6-2)8-13/h12-13H,5-8H2,1-4H3. The molecule has 0 aliphatic carbocycles. The Labute approximate surface area is 93.4 Å². The van der Waals surface area contributed by atoms with Crippen LogP contribution >= 0.6 is 25.3 Å². The summed E-state index contributed by atoms with van der Waals surface area (Å²) in [6.45, 7) is 8.48. The van der Waals surface area contributed by atoms with E-state index in [2.05, 4.69) is 53.0 Å². The molecular formula is C10H22OS2. The zero-order valence-electron chi connectivity index (χ0n) is 9.13. The summed E-state index contributed by atoms with van der Waals surface area (Å²) in [6, 6.07) is 0. The highest BCUT2D eigenvalue weighted by Gasteiger charge is 2.31. The van der Waals surface area contributed by atoms with E-state index in [1.54, 1.807) is 0 Å². The van der Waals surface area contributed by atoms with E-state index in [9.17, 15) is 0 Å². The molecule has 0 aromatic carbocycles. The molecule has 0 aromatic rings. The van der Waals surface area contributed by atoms with Gasteiger partial charge in [-0.15, -0.1) is 0 Å². The molecule has 13 heavy (non-hydrogen) atoms. The highest BCUT2D eigenvalue weighted by molar-refractivity contribution is 7.80. The van der Waals surface area contributed by atoms with Crippen LogP contribution in [0.2, 0.25) is 0 Å². The van der Waals surface area contributed by atoms with Gasteiger partial charge in [0.2, 0.25) is 0 Å². The van der Waals surface area contributed by atoms with Crippen LogP contribution in [-0.2, 0) is 4.74 Å². The topological polar surface area (TPSA) is 9.23 Å². The van der Waals surface area contributed by atoms with Crippen molar-refractivity contribution in [2.24, 2.45) is 0 Å². The Hall–Kier alpha value is 0.660. The van der Waals surface area contributed by atoms with Gasteiger partial charge in [0, 0.05) is 11.5 Å². The Morgan fingerprint density at radius 3 is 1.38 bits per heavy atom. The highest BCUT2D eigenvalue weighted by atomic mass is 32.1. The van der Waals surface area contributed by atoms with Crippen LogP contribution in [0.4, 0.5) is 0 Å². The van der Waals surface area contributed by atoms with Crippen molar-refractivity contribution >= 4 is 25.3 Å². The van der Waals surface area contributed by atoms with Gasteiger partial charge in [-0.05, 0) is 26.7 Å². The number of hydrogen-bond acceptors (Lipinski definition) is 3. The zero-order chi connectivity index (χ0) is 10.5. The number of thiol groups is 2. The van der Waals surface area contributed by atoms with E-state index in [0.717, 1.165) is 24.3 Å². The van der Waals surface area contributed by atoms with Gasteiger partial charge >= 0.3 is 0 Å². The van der Waals surface area contributed by atoms with Gasteiger partial charge in [0.25, 0.3) is 0 Å². The lowest BCUT2D eigenvalue weighted by molar-refractivity contribution is -0.119. The van der Waals surface area contributed by atoms with Crippen molar-refractivity contribution in [3.8, 4) is 0 Å². The van der Waals surface area contributed by atoms with E-state index >= 15 is 0 Å². The predicted octanol–water partition coefficient (Wildman–Crippen LogP) is 3.20. The third-order valence-corrected chi connectivity index (χ3v) is 4.00. The summed E-state index contributed by atoms with van der Waals surface area (Å²) in [5, 5.41) is 0. The van der Waals surface area contributed by atoms with Gasteiger partial charge in [-0.3, -0.25) is 0 Å². The molecule has 0 rings (SSSR count). The Morgan fingerprint density at radius 1 is 0.923 bits per heavy atom. The first-order valence-corrected chi connectivity index (χ1v) is 6.13. The summed E-state index contributed by atoms with van der Waals surface area (Å²) in [4.78, 5) is 0. The molecule has 0 heterocycles. The quantitative estimate of drug-likeness (QED) is 0.656. The molecule has 0 bridgehead atoms. The van der Waals surface area contributed by atoms with Crippen molar-refractivity contribution in [1.82, 2.24) is 0 Å². The average Bonchev–Trinajstić information content (AvgIpc) is 2.17. The highest BCUT2D eigenvalue weighted by Crippen LogP contribution is 2.27. The largest absolute Gasteiger partial charge is 0.367 e. The van der Waals surface area contributed by atoms with Gasteiger partial charge in [0.15, 0.2) is 0 Å². The van der Waals surface area contributed by atoms with Crippen LogP contribution < -0.4 is 0 Å². The van der Waals surface area contributed by atoms with Crippen molar-refractivity contribution in [3.05, 3.63) is 0 Å². The Bertz CT molecular complexity index is 124. The van der Waals surface area contributed by atoms with Gasteiger partial charge in [0.1, 0.15) is 0 Å². The van der Waals surface area contributed by atoms with Crippen molar-refractivity contribution < 1.29 is 4.74 Å². The second-order valence-electron chi connectivity index (χ2n) is 4.03. The molecule has 0 spiro atoms. The minimum Gasteiger partial charge on any atom is -0.367 e. The normalized spacial score (nSPS) is 20.8. The first-order valence-electron chi connectivity index (χ1n) is 4.87. The summed E-state index contributed by atoms with van der Waals surface area (Å²) >= 11 is 8.64. The van der Waals surface area contributed by atoms with E-state index in [1.807, 2.05) is 0 Å². The maximum atomic E-state index is 6.07. The van der Waals surface area contributed by atoms with Crippen molar-refractivity contribution in [2.45, 2.75) is 51.7 Å². The molecule has 0 N–H and O–H groups in total. The summed E-state index contributed by atoms with van der Waals surface area (Å²) < 4.78 is 6.07. The smallest absolute Gasteiger partial charge is 0.0747 e. The van der Waals surface area contributed by atoms with Crippen LogP contribution in [-0.4, -0.2) is 22.7 Å². The van der Waals surface area contributed by atoms with Gasteiger partial charge in [-0.1, -0.05) is 13.8 Å². The van der Waals surface area contributed by atoms with E-state index < -0.39 is 0 Å². The van der Waals surface area contributed by atoms with Crippen LogP contribution in [0.25, 0.3) is 0 Å². The van der Waals surface area contributed by atoms with Gasteiger partial charge in [0.05, 0.1) is 11.2 Å². The average molecular weight is 222 g/mol. The van der Waals surface area contributed by atoms with Crippen molar-refractivity contribution in [3.63, 3.8) is 0 Å². The summed E-state index contributed by atoms with van der Waals surface area (Å²) in [5.74, 6) is 1.51. The molecule has 3 heteroatoms. The lowest BCUT2D eigenvalue weighted by atomic mass is 10.0. The van der Waals surface area contributed by atoms with E-state index in [0.29, 0.717) is 0 Å². The number of ether oxygens (including phenoxy) is 1.